The van der Waals surface area contributed by atoms with Crippen molar-refractivity contribution in [2.75, 3.05) is 0 Å². The zero-order valence-electron chi connectivity index (χ0n) is 15.3. The van der Waals surface area contributed by atoms with Crippen LogP contribution in [0.5, 0.6) is 0 Å². The van der Waals surface area contributed by atoms with Gasteiger partial charge in [-0.2, -0.15) is 0 Å². The highest BCUT2D eigenvalue weighted by molar-refractivity contribution is 5.48. The molecule has 0 saturated heterocycles. The summed E-state index contributed by atoms with van der Waals surface area (Å²) in [5.74, 6) is 0. The van der Waals surface area contributed by atoms with Crippen molar-refractivity contribution in [2.45, 2.75) is 55.4 Å². The number of allylic oxidation sites excluding steroid dienone is 10. The minimum absolute atomic E-state index is 0.153. The monoisotopic (exact) mass is 292 g/mol. The van der Waals surface area contributed by atoms with Crippen molar-refractivity contribution < 1.29 is 0 Å². The molecule has 2 aliphatic rings. The van der Waals surface area contributed by atoms with Crippen molar-refractivity contribution in [1.29, 1.82) is 0 Å². The van der Waals surface area contributed by atoms with Crippen LogP contribution < -0.4 is 0 Å². The molecule has 0 amide bonds. The summed E-state index contributed by atoms with van der Waals surface area (Å²) < 4.78 is 0. The Bertz CT molecular complexity index is 615. The normalized spacial score (nSPS) is 22.9. The van der Waals surface area contributed by atoms with Gasteiger partial charge in [-0.05, 0) is 52.0 Å². The van der Waals surface area contributed by atoms with Gasteiger partial charge in [0.2, 0.25) is 0 Å². The fourth-order valence-corrected chi connectivity index (χ4v) is 2.65. The molecule has 22 heavy (non-hydrogen) atoms. The second-order valence-corrected chi connectivity index (χ2v) is 7.72. The van der Waals surface area contributed by atoms with Crippen molar-refractivity contribution in [3.05, 3.63) is 69.2 Å². The van der Waals surface area contributed by atoms with E-state index in [4.69, 9.17) is 0 Å². The van der Waals surface area contributed by atoms with Crippen LogP contribution in [-0.2, 0) is 0 Å². The predicted octanol–water partition coefficient (Wildman–Crippen LogP) is 6.46. The van der Waals surface area contributed by atoms with Gasteiger partial charge in [-0.3, -0.25) is 0 Å². The second kappa shape index (κ2) is 5.47. The quantitative estimate of drug-likeness (QED) is 0.449. The van der Waals surface area contributed by atoms with Crippen molar-refractivity contribution in [1.82, 2.24) is 0 Å². The lowest BCUT2D eigenvalue weighted by atomic mass is 9.74. The summed E-state index contributed by atoms with van der Waals surface area (Å²) in [6.45, 7) is 17.9. The van der Waals surface area contributed by atoms with E-state index in [9.17, 15) is 0 Å². The van der Waals surface area contributed by atoms with Crippen molar-refractivity contribution in [2.24, 2.45) is 10.8 Å². The first-order valence-corrected chi connectivity index (χ1v) is 8.06. The molecule has 0 nitrogen and oxygen atoms in total. The molecule has 0 bridgehead atoms. The minimum Gasteiger partial charge on any atom is -0.0624 e. The molecule has 0 aromatic heterocycles. The van der Waals surface area contributed by atoms with Gasteiger partial charge in [0.15, 0.2) is 0 Å². The zero-order chi connectivity index (χ0) is 16.7. The highest BCUT2D eigenvalue weighted by Crippen LogP contribution is 2.39. The van der Waals surface area contributed by atoms with E-state index in [-0.39, 0.29) is 10.8 Å². The van der Waals surface area contributed by atoms with Crippen molar-refractivity contribution in [3.8, 4) is 0 Å². The van der Waals surface area contributed by atoms with E-state index in [0.29, 0.717) is 0 Å². The maximum Gasteiger partial charge on any atom is 0.0248 e. The molecular formula is C22H28. The zero-order valence-corrected chi connectivity index (χ0v) is 15.3. The molecule has 116 valence electrons. The Morgan fingerprint density at radius 3 is 1.00 bits per heavy atom. The molecule has 0 atom stereocenters. The van der Waals surface area contributed by atoms with E-state index in [0.717, 1.165) is 11.1 Å². The molecule has 0 aromatic rings. The van der Waals surface area contributed by atoms with Gasteiger partial charge in [-0.1, -0.05) is 61.4 Å². The van der Waals surface area contributed by atoms with Crippen LogP contribution in [0.4, 0.5) is 0 Å². The lowest BCUT2D eigenvalue weighted by Crippen LogP contribution is -2.17. The van der Waals surface area contributed by atoms with Gasteiger partial charge in [0.1, 0.15) is 0 Å². The van der Waals surface area contributed by atoms with Gasteiger partial charge in [0.25, 0.3) is 0 Å². The predicted molar refractivity (Wildman–Crippen MR) is 96.6 cm³/mol. The van der Waals surface area contributed by atoms with Crippen LogP contribution in [0.3, 0.4) is 0 Å². The van der Waals surface area contributed by atoms with Crippen LogP contribution in [0.1, 0.15) is 55.4 Å². The van der Waals surface area contributed by atoms with Gasteiger partial charge in [0.05, 0.1) is 0 Å². The number of hydrogen-bond acceptors (Lipinski definition) is 0. The Labute approximate surface area is 136 Å². The van der Waals surface area contributed by atoms with Crippen molar-refractivity contribution >= 4 is 0 Å². The minimum atomic E-state index is 0.153. The fraction of sp³-hybridized carbons (Fsp3) is 0.455. The molecule has 0 heteroatoms. The number of hydrogen-bond donors (Lipinski definition) is 0. The summed E-state index contributed by atoms with van der Waals surface area (Å²) >= 11 is 0. The standard InChI is InChI=1S/C22H28/c1-15-11-19(12-16(2)21(15,5)6)9-10-20-13-17(3)22(7,8)18(4)14-20/h11-14H,1-8H3. The van der Waals surface area contributed by atoms with E-state index >= 15 is 0 Å². The molecule has 0 aromatic carbocycles. The Hall–Kier alpha value is -1.74. The van der Waals surface area contributed by atoms with Gasteiger partial charge in [0, 0.05) is 22.0 Å². The van der Waals surface area contributed by atoms with Crippen LogP contribution >= 0.6 is 0 Å². The highest BCUT2D eigenvalue weighted by Gasteiger charge is 2.26. The third-order valence-electron chi connectivity index (χ3n) is 5.78. The Kier molecular flexibility index (Phi) is 4.14. The van der Waals surface area contributed by atoms with E-state index < -0.39 is 0 Å². The topological polar surface area (TPSA) is 0 Å². The molecule has 0 spiro atoms. The van der Waals surface area contributed by atoms with Gasteiger partial charge < -0.3 is 0 Å². The van der Waals surface area contributed by atoms with Crippen LogP contribution in [0.2, 0.25) is 0 Å². The van der Waals surface area contributed by atoms with Crippen LogP contribution in [0.15, 0.2) is 69.2 Å². The summed E-state index contributed by atoms with van der Waals surface area (Å²) in [7, 11) is 0. The van der Waals surface area contributed by atoms with E-state index in [2.05, 4.69) is 91.2 Å². The summed E-state index contributed by atoms with van der Waals surface area (Å²) in [5, 5.41) is 0. The molecule has 0 saturated carbocycles. The fourth-order valence-electron chi connectivity index (χ4n) is 2.65. The third-order valence-corrected chi connectivity index (χ3v) is 5.78. The molecule has 2 aliphatic carbocycles. The summed E-state index contributed by atoms with van der Waals surface area (Å²) in [5.41, 5.74) is 14.7. The third kappa shape index (κ3) is 2.91. The summed E-state index contributed by atoms with van der Waals surface area (Å²) in [6.07, 6.45) is 8.89. The first kappa shape index (κ1) is 16.6. The molecule has 0 fully saturated rings. The SMILES string of the molecule is CC1=CC(=C=C=C2C=C(C)C(C)(C)C(C)=C2)C=C(C)C1(C)C. The Morgan fingerprint density at radius 1 is 0.545 bits per heavy atom. The Balaban J connectivity index is 2.53. The van der Waals surface area contributed by atoms with E-state index in [1.54, 1.807) is 0 Å². The second-order valence-electron chi connectivity index (χ2n) is 7.72. The van der Waals surface area contributed by atoms with Crippen molar-refractivity contribution in [3.63, 3.8) is 0 Å². The first-order chi connectivity index (χ1) is 10.0. The molecule has 2 rings (SSSR count). The van der Waals surface area contributed by atoms with Gasteiger partial charge >= 0.3 is 0 Å². The van der Waals surface area contributed by atoms with Crippen LogP contribution in [0.25, 0.3) is 0 Å². The smallest absolute Gasteiger partial charge is 0.0248 e. The summed E-state index contributed by atoms with van der Waals surface area (Å²) in [4.78, 5) is 0. The number of rotatable bonds is 0. The Morgan fingerprint density at radius 2 is 0.773 bits per heavy atom. The first-order valence-electron chi connectivity index (χ1n) is 8.06. The van der Waals surface area contributed by atoms with E-state index in [1.807, 2.05) is 0 Å². The maximum absolute atomic E-state index is 3.35. The molecule has 0 heterocycles. The molecular weight excluding hydrogens is 264 g/mol. The van der Waals surface area contributed by atoms with Gasteiger partial charge in [-0.25, -0.2) is 0 Å². The molecule has 0 radical (unpaired) electrons. The van der Waals surface area contributed by atoms with Gasteiger partial charge in [-0.15, -0.1) is 0 Å². The highest BCUT2D eigenvalue weighted by atomic mass is 14.3. The average molecular weight is 292 g/mol. The lowest BCUT2D eigenvalue weighted by molar-refractivity contribution is 0.532. The molecule has 0 N–H and O–H groups in total. The van der Waals surface area contributed by atoms with Crippen LogP contribution in [-0.4, -0.2) is 0 Å². The largest absolute Gasteiger partial charge is 0.0624 e. The average Bonchev–Trinajstić information content (AvgIpc) is 2.40. The maximum atomic E-state index is 3.35. The molecule has 0 unspecified atom stereocenters. The van der Waals surface area contributed by atoms with E-state index in [1.165, 1.54) is 22.3 Å². The van der Waals surface area contributed by atoms with Crippen LogP contribution in [0, 0.1) is 10.8 Å². The molecule has 0 aliphatic heterocycles. The summed E-state index contributed by atoms with van der Waals surface area (Å²) in [6, 6.07) is 0. The lowest BCUT2D eigenvalue weighted by Gasteiger charge is -2.30.